The molecule has 20 rings (SSSR count). The van der Waals surface area contributed by atoms with E-state index in [-0.39, 0.29) is 10.8 Å². The number of hydrogen-bond donors (Lipinski definition) is 0. The van der Waals surface area contributed by atoms with Crippen molar-refractivity contribution in [2.75, 3.05) is 62.5 Å². The molecule has 123 heavy (non-hydrogen) atoms. The third kappa shape index (κ3) is 17.1. The fraction of sp³-hybridized carbons (Fsp3) is 0.0862. The Morgan fingerprint density at radius 3 is 0.829 bits per heavy atom. The van der Waals surface area contributed by atoms with Crippen LogP contribution in [0, 0.1) is 0 Å². The van der Waals surface area contributed by atoms with Crippen molar-refractivity contribution < 1.29 is 0 Å². The molecule has 0 saturated heterocycles. The number of hydrogen-bond acceptors (Lipinski definition) is 7. The maximum absolute atomic E-state index is 2.36. The summed E-state index contributed by atoms with van der Waals surface area (Å²) < 4.78 is 0. The van der Waals surface area contributed by atoms with Gasteiger partial charge in [-0.15, -0.1) is 0 Å². The number of fused-ring (bicyclic) bond motifs is 7. The highest BCUT2D eigenvalue weighted by Crippen LogP contribution is 2.52. The molecule has 0 bridgehead atoms. The van der Waals surface area contributed by atoms with Crippen molar-refractivity contribution in [3.63, 3.8) is 0 Å². The molecule has 18 aromatic rings. The summed E-state index contributed by atoms with van der Waals surface area (Å²) in [4.78, 5) is 15.8. The molecule has 0 heterocycles. The molecule has 18 aromatic carbocycles. The van der Waals surface area contributed by atoms with Crippen LogP contribution < -0.4 is 34.3 Å². The van der Waals surface area contributed by atoms with Gasteiger partial charge in [0.1, 0.15) is 0 Å². The Morgan fingerprint density at radius 1 is 0.163 bits per heavy atom. The van der Waals surface area contributed by atoms with E-state index in [0.29, 0.717) is 0 Å². The molecule has 0 fully saturated rings. The van der Waals surface area contributed by atoms with Gasteiger partial charge in [-0.2, -0.15) is 0 Å². The first-order chi connectivity index (χ1) is 60.2. The maximum Gasteiger partial charge on any atom is 0.0487 e. The molecule has 0 amide bonds. The lowest BCUT2D eigenvalue weighted by molar-refractivity contribution is 0.660. The van der Waals surface area contributed by atoms with Crippen molar-refractivity contribution >= 4 is 107 Å². The van der Waals surface area contributed by atoms with Gasteiger partial charge in [0.05, 0.1) is 0 Å². The molecular weight excluding hydrogens is 1490 g/mol. The molecular formula is C116H101N7. The predicted octanol–water partition coefficient (Wildman–Crippen LogP) is 31.7. The van der Waals surface area contributed by atoms with Crippen LogP contribution >= 0.6 is 0 Å². The van der Waals surface area contributed by atoms with Crippen molar-refractivity contribution in [3.05, 3.63) is 489 Å². The second-order valence-corrected chi connectivity index (χ2v) is 32.4. The summed E-state index contributed by atoms with van der Waals surface area (Å²) in [6.07, 6.45) is 0. The van der Waals surface area contributed by atoms with Crippen molar-refractivity contribution in [1.82, 2.24) is 0 Å². The summed E-state index contributed by atoms with van der Waals surface area (Å²) in [7, 11) is 8.52. The van der Waals surface area contributed by atoms with Crippen LogP contribution in [0.1, 0.15) is 49.9 Å². The van der Waals surface area contributed by atoms with Crippen LogP contribution in [0.25, 0.3) is 44.2 Å². The number of nitrogens with zero attached hydrogens (tertiary/aromatic N) is 7. The molecule has 0 saturated carbocycles. The van der Waals surface area contributed by atoms with Gasteiger partial charge in [-0.1, -0.05) is 295 Å². The standard InChI is InChI=1S/C34H30N2.C31H26N2.C26H23N.C25H22N2/c1-34(2)32-17-11-10-16-30(32)31-23-22-29(24-33(31)34)35(3)25-18-20-28(21-19-25)36(26-12-6-4-7-13-26)27-14-8-5-9-15-27;1-32(27-19-17-26(18-20-27)25-11-5-2-6-12-25)28-21-23-31(24-22-28)33(29-13-7-3-8-14-29)30-15-9-4-10-16-30;1-26(2)23-13-7-6-12-21(23)22-17-19(15-16-24(22)26)27(3)25-14-8-10-18-9-4-5-11-20(18)25;1-26(21-11-5-2-6-12-21)22-17-19-25(20-18-22)27(23-13-7-3-8-14-23)24-15-9-4-10-16-24/h4-24H,1-3H3;2-24H,1H3;4-17H,1-3H3;2-20H,1H3. The van der Waals surface area contributed by atoms with Gasteiger partial charge in [-0.25, -0.2) is 0 Å². The molecule has 0 spiro atoms. The van der Waals surface area contributed by atoms with Crippen LogP contribution in [0.4, 0.5) is 96.7 Å². The average Bonchev–Trinajstić information content (AvgIpc) is 1.59. The zero-order chi connectivity index (χ0) is 84.2. The Hall–Kier alpha value is -15.2. The maximum atomic E-state index is 2.36. The fourth-order valence-electron chi connectivity index (χ4n) is 17.3. The number of rotatable bonds is 18. The molecule has 7 nitrogen and oxygen atoms in total. The van der Waals surface area contributed by atoms with E-state index in [4.69, 9.17) is 0 Å². The van der Waals surface area contributed by atoms with Gasteiger partial charge in [0.25, 0.3) is 0 Å². The summed E-state index contributed by atoms with van der Waals surface area (Å²) in [5, 5.41) is 2.55. The molecule has 2 aliphatic carbocycles. The van der Waals surface area contributed by atoms with E-state index >= 15 is 0 Å². The zero-order valence-corrected chi connectivity index (χ0v) is 71.1. The molecule has 0 radical (unpaired) electrons. The van der Waals surface area contributed by atoms with Crippen LogP contribution in [0.5, 0.6) is 0 Å². The van der Waals surface area contributed by atoms with Gasteiger partial charge in [0.15, 0.2) is 0 Å². The van der Waals surface area contributed by atoms with Gasteiger partial charge in [0.2, 0.25) is 0 Å². The monoisotopic (exact) mass is 1590 g/mol. The van der Waals surface area contributed by atoms with Crippen molar-refractivity contribution in [3.8, 4) is 33.4 Å². The van der Waals surface area contributed by atoms with E-state index in [0.717, 1.165) is 73.9 Å². The first kappa shape index (κ1) is 80.2. The fourth-order valence-corrected chi connectivity index (χ4v) is 17.3. The topological polar surface area (TPSA) is 22.7 Å². The van der Waals surface area contributed by atoms with Gasteiger partial charge < -0.3 is 34.3 Å². The minimum absolute atomic E-state index is 0.00149. The Kier molecular flexibility index (Phi) is 23.6. The van der Waals surface area contributed by atoms with E-state index in [1.807, 2.05) is 36.4 Å². The number of para-hydroxylation sites is 7. The summed E-state index contributed by atoms with van der Waals surface area (Å²) >= 11 is 0. The second kappa shape index (κ2) is 36.2. The molecule has 0 atom stereocenters. The Labute approximate surface area is 726 Å². The van der Waals surface area contributed by atoms with E-state index < -0.39 is 0 Å². The first-order valence-electron chi connectivity index (χ1n) is 42.4. The van der Waals surface area contributed by atoms with E-state index in [9.17, 15) is 0 Å². The largest absolute Gasteiger partial charge is 0.345 e. The predicted molar refractivity (Wildman–Crippen MR) is 526 cm³/mol. The van der Waals surface area contributed by atoms with E-state index in [2.05, 4.69) is 521 Å². The molecule has 2 aliphatic rings. The molecule has 0 aromatic heterocycles. The summed E-state index contributed by atoms with van der Waals surface area (Å²) in [6, 6.07) is 165. The van der Waals surface area contributed by atoms with Gasteiger partial charge >= 0.3 is 0 Å². The van der Waals surface area contributed by atoms with E-state index in [1.165, 1.54) is 89.2 Å². The van der Waals surface area contributed by atoms with Crippen LogP contribution in [0.3, 0.4) is 0 Å². The summed E-state index contributed by atoms with van der Waals surface area (Å²) in [6.45, 7) is 9.31. The van der Waals surface area contributed by atoms with Crippen LogP contribution in [-0.4, -0.2) is 28.2 Å². The molecule has 0 unspecified atom stereocenters. The second-order valence-electron chi connectivity index (χ2n) is 32.4. The minimum atomic E-state index is -0.00149. The summed E-state index contributed by atoms with van der Waals surface area (Å²) in [5.41, 5.74) is 33.3. The SMILES string of the molecule is CN(c1ccc(-c2ccccc2)cc1)c1ccc(N(c2ccccc2)c2ccccc2)cc1.CN(c1ccc(N(c2ccccc2)c2ccccc2)cc1)c1ccc2c(c1)C(C)(C)c1ccccc1-2.CN(c1ccc2c(c1)-c1ccccc1C2(C)C)c1cccc2ccccc12.CN(c1ccccc1)c1ccc(N(c2ccccc2)c2ccccc2)cc1. The molecule has 0 N–H and O–H groups in total. The van der Waals surface area contributed by atoms with Crippen molar-refractivity contribution in [2.45, 2.75) is 38.5 Å². The van der Waals surface area contributed by atoms with Crippen LogP contribution in [0.2, 0.25) is 0 Å². The first-order valence-corrected chi connectivity index (χ1v) is 42.4. The van der Waals surface area contributed by atoms with E-state index in [1.54, 1.807) is 0 Å². The van der Waals surface area contributed by atoms with Crippen molar-refractivity contribution in [2.24, 2.45) is 0 Å². The van der Waals surface area contributed by atoms with Crippen molar-refractivity contribution in [1.29, 1.82) is 0 Å². The quantitative estimate of drug-likeness (QED) is 0.0843. The Bertz CT molecular complexity index is 6390. The Morgan fingerprint density at radius 2 is 0.415 bits per heavy atom. The molecule has 600 valence electrons. The number of benzene rings is 18. The molecule has 0 aliphatic heterocycles. The Balaban J connectivity index is 0.000000117. The van der Waals surface area contributed by atoms with Gasteiger partial charge in [-0.05, 0) is 261 Å². The lowest BCUT2D eigenvalue weighted by Crippen LogP contribution is -2.16. The van der Waals surface area contributed by atoms with Gasteiger partial charge in [-0.3, -0.25) is 0 Å². The highest BCUT2D eigenvalue weighted by atomic mass is 15.2. The highest BCUT2D eigenvalue weighted by Gasteiger charge is 2.37. The minimum Gasteiger partial charge on any atom is -0.345 e. The average molecular weight is 1590 g/mol. The zero-order valence-electron chi connectivity index (χ0n) is 71.1. The third-order valence-corrected chi connectivity index (χ3v) is 24.1. The summed E-state index contributed by atoms with van der Waals surface area (Å²) in [5.74, 6) is 0. The van der Waals surface area contributed by atoms with Crippen LogP contribution in [-0.2, 0) is 10.8 Å². The van der Waals surface area contributed by atoms with Gasteiger partial charge in [0, 0.05) is 141 Å². The third-order valence-electron chi connectivity index (χ3n) is 24.1. The smallest absolute Gasteiger partial charge is 0.0487 e. The van der Waals surface area contributed by atoms with Crippen LogP contribution in [0.15, 0.2) is 467 Å². The molecule has 7 heteroatoms. The normalized spacial score (nSPS) is 12.0. The lowest BCUT2D eigenvalue weighted by atomic mass is 9.82. The lowest BCUT2D eigenvalue weighted by Gasteiger charge is -2.27. The highest BCUT2D eigenvalue weighted by molar-refractivity contribution is 5.97. The number of anilines is 17.